The molecule has 7 heteroatoms. The van der Waals surface area contributed by atoms with Crippen LogP contribution in [0.4, 0.5) is 0 Å². The van der Waals surface area contributed by atoms with Crippen LogP contribution in [0.25, 0.3) is 11.0 Å². The van der Waals surface area contributed by atoms with Crippen molar-refractivity contribution in [3.63, 3.8) is 0 Å². The lowest BCUT2D eigenvalue weighted by molar-refractivity contribution is 0.414. The van der Waals surface area contributed by atoms with Crippen molar-refractivity contribution in [1.29, 1.82) is 0 Å². The lowest BCUT2D eigenvalue weighted by Gasteiger charge is -2.03. The number of hydrogen-bond acceptors (Lipinski definition) is 4. The van der Waals surface area contributed by atoms with E-state index in [0.717, 1.165) is 11.3 Å². The molecule has 2 heterocycles. The highest BCUT2D eigenvalue weighted by molar-refractivity contribution is 5.71. The van der Waals surface area contributed by atoms with Gasteiger partial charge in [-0.05, 0) is 17.7 Å². The molecule has 0 spiro atoms. The van der Waals surface area contributed by atoms with Gasteiger partial charge in [-0.3, -0.25) is 14.5 Å². The van der Waals surface area contributed by atoms with E-state index in [9.17, 15) is 9.59 Å². The second kappa shape index (κ2) is 4.69. The number of H-pyrrole nitrogens is 2. The van der Waals surface area contributed by atoms with Gasteiger partial charge in [0.1, 0.15) is 5.75 Å². The Hall–Kier alpha value is -2.83. The summed E-state index contributed by atoms with van der Waals surface area (Å²) in [6.45, 7) is 0.500. The van der Waals surface area contributed by atoms with Gasteiger partial charge in [0, 0.05) is 6.20 Å². The van der Waals surface area contributed by atoms with Gasteiger partial charge in [0.05, 0.1) is 19.2 Å². The molecule has 2 N–H and O–H groups in total. The first-order valence-electron chi connectivity index (χ1n) is 5.98. The van der Waals surface area contributed by atoms with E-state index in [1.54, 1.807) is 18.0 Å². The van der Waals surface area contributed by atoms with Crippen LogP contribution < -0.4 is 16.0 Å². The van der Waals surface area contributed by atoms with E-state index in [-0.39, 0.29) is 5.52 Å². The molecule has 102 valence electrons. The van der Waals surface area contributed by atoms with Gasteiger partial charge in [0.25, 0.3) is 5.56 Å². The molecule has 0 unspecified atom stereocenters. The molecule has 0 atom stereocenters. The lowest BCUT2D eigenvalue weighted by Crippen LogP contribution is -2.21. The first kappa shape index (κ1) is 12.2. The summed E-state index contributed by atoms with van der Waals surface area (Å²) in [5.41, 5.74) is 0.631. The molecule has 0 amide bonds. The van der Waals surface area contributed by atoms with Crippen molar-refractivity contribution in [2.45, 2.75) is 6.54 Å². The van der Waals surface area contributed by atoms with Crippen LogP contribution in [0.3, 0.4) is 0 Å². The Kier molecular flexibility index (Phi) is 2.86. The number of rotatable bonds is 3. The van der Waals surface area contributed by atoms with Crippen LogP contribution in [0.5, 0.6) is 5.75 Å². The van der Waals surface area contributed by atoms with Crippen molar-refractivity contribution in [2.75, 3.05) is 7.11 Å². The van der Waals surface area contributed by atoms with Crippen LogP contribution >= 0.6 is 0 Å². The van der Waals surface area contributed by atoms with E-state index in [1.165, 1.54) is 0 Å². The number of aromatic amines is 2. The molecule has 0 saturated heterocycles. The van der Waals surface area contributed by atoms with Crippen molar-refractivity contribution < 1.29 is 4.74 Å². The third kappa shape index (κ3) is 2.20. The zero-order chi connectivity index (χ0) is 14.1. The highest BCUT2D eigenvalue weighted by Gasteiger charge is 2.06. The number of nitrogens with zero attached hydrogens (tertiary/aromatic N) is 2. The third-order valence-electron chi connectivity index (χ3n) is 2.96. The average Bonchev–Trinajstić information content (AvgIpc) is 2.82. The van der Waals surface area contributed by atoms with Gasteiger partial charge in [-0.25, -0.2) is 4.79 Å². The molecule has 2 aromatic heterocycles. The quantitative estimate of drug-likeness (QED) is 0.724. The largest absolute Gasteiger partial charge is 0.497 e. The average molecular weight is 272 g/mol. The van der Waals surface area contributed by atoms with Crippen molar-refractivity contribution in [3.05, 3.63) is 56.9 Å². The summed E-state index contributed by atoms with van der Waals surface area (Å²) in [6.07, 6.45) is 1.64. The number of hydrogen-bond donors (Lipinski definition) is 2. The van der Waals surface area contributed by atoms with E-state index in [1.807, 2.05) is 24.3 Å². The summed E-state index contributed by atoms with van der Waals surface area (Å²) in [4.78, 5) is 27.4. The van der Waals surface area contributed by atoms with Crippen LogP contribution in [0.15, 0.2) is 40.1 Å². The lowest BCUT2D eigenvalue weighted by atomic mass is 10.2. The predicted octanol–water partition coefficient (Wildman–Crippen LogP) is 0.470. The Morgan fingerprint density at radius 1 is 1.20 bits per heavy atom. The minimum atomic E-state index is -0.536. The molecule has 0 fully saturated rings. The maximum absolute atomic E-state index is 11.6. The number of ether oxygens (including phenoxy) is 1. The summed E-state index contributed by atoms with van der Waals surface area (Å²) in [5.74, 6) is 0.778. The topological polar surface area (TPSA) is 92.8 Å². The molecule has 0 saturated carbocycles. The van der Waals surface area contributed by atoms with Crippen molar-refractivity contribution in [1.82, 2.24) is 19.7 Å². The SMILES string of the molecule is COc1ccc(Cn2cc3[nH]c(=O)[nH]c(=O)c3n2)cc1. The van der Waals surface area contributed by atoms with E-state index < -0.39 is 11.2 Å². The zero-order valence-electron chi connectivity index (χ0n) is 10.7. The van der Waals surface area contributed by atoms with Crippen molar-refractivity contribution >= 4 is 11.0 Å². The van der Waals surface area contributed by atoms with Crippen molar-refractivity contribution in [2.24, 2.45) is 0 Å². The van der Waals surface area contributed by atoms with Gasteiger partial charge in [-0.15, -0.1) is 0 Å². The number of nitrogens with one attached hydrogen (secondary N) is 2. The molecular formula is C13H12N4O3. The fourth-order valence-electron chi connectivity index (χ4n) is 2.00. The fourth-order valence-corrected chi connectivity index (χ4v) is 2.00. The van der Waals surface area contributed by atoms with Gasteiger partial charge in [-0.2, -0.15) is 5.10 Å². The molecule has 0 aliphatic rings. The molecule has 1 aromatic carbocycles. The van der Waals surface area contributed by atoms with E-state index >= 15 is 0 Å². The minimum absolute atomic E-state index is 0.220. The number of benzene rings is 1. The monoisotopic (exact) mass is 272 g/mol. The highest BCUT2D eigenvalue weighted by atomic mass is 16.5. The number of fused-ring (bicyclic) bond motifs is 1. The predicted molar refractivity (Wildman–Crippen MR) is 73.1 cm³/mol. The molecule has 3 rings (SSSR count). The van der Waals surface area contributed by atoms with Gasteiger partial charge in [-0.1, -0.05) is 12.1 Å². The molecule has 0 aliphatic carbocycles. The summed E-state index contributed by atoms with van der Waals surface area (Å²) >= 11 is 0. The van der Waals surface area contributed by atoms with Crippen LogP contribution in [0.1, 0.15) is 5.56 Å². The van der Waals surface area contributed by atoms with Crippen molar-refractivity contribution in [3.8, 4) is 5.75 Å². The van der Waals surface area contributed by atoms with E-state index in [4.69, 9.17) is 4.74 Å². The first-order chi connectivity index (χ1) is 9.65. The van der Waals surface area contributed by atoms with Crippen LogP contribution in [0, 0.1) is 0 Å². The Labute approximate surface area is 112 Å². The van der Waals surface area contributed by atoms with Crippen LogP contribution in [0.2, 0.25) is 0 Å². The summed E-state index contributed by atoms with van der Waals surface area (Å²) in [6, 6.07) is 7.54. The molecule has 0 aliphatic heterocycles. The van der Waals surface area contributed by atoms with Gasteiger partial charge >= 0.3 is 5.69 Å². The van der Waals surface area contributed by atoms with Crippen LogP contribution in [-0.4, -0.2) is 26.9 Å². The summed E-state index contributed by atoms with van der Waals surface area (Å²) < 4.78 is 6.70. The molecular weight excluding hydrogens is 260 g/mol. The Morgan fingerprint density at radius 3 is 2.65 bits per heavy atom. The molecule has 0 bridgehead atoms. The van der Waals surface area contributed by atoms with E-state index in [0.29, 0.717) is 12.1 Å². The molecule has 0 radical (unpaired) electrons. The standard InChI is InChI=1S/C13H12N4O3/c1-20-9-4-2-8(3-5-9)6-17-7-10-11(16-17)12(18)15-13(19)14-10/h2-5,7H,6H2,1H3,(H2,14,15,18,19). The smallest absolute Gasteiger partial charge is 0.326 e. The normalized spacial score (nSPS) is 10.8. The zero-order valence-corrected chi connectivity index (χ0v) is 10.7. The fraction of sp³-hybridized carbons (Fsp3) is 0.154. The number of methoxy groups -OCH3 is 1. The van der Waals surface area contributed by atoms with Crippen LogP contribution in [-0.2, 0) is 6.54 Å². The summed E-state index contributed by atoms with van der Waals surface area (Å²) in [7, 11) is 1.61. The summed E-state index contributed by atoms with van der Waals surface area (Å²) in [5, 5.41) is 4.16. The first-order valence-corrected chi connectivity index (χ1v) is 5.98. The Bertz CT molecular complexity index is 858. The maximum Gasteiger partial charge on any atom is 0.326 e. The number of aromatic nitrogens is 4. The maximum atomic E-state index is 11.6. The third-order valence-corrected chi connectivity index (χ3v) is 2.96. The van der Waals surface area contributed by atoms with Gasteiger partial charge in [0.15, 0.2) is 5.52 Å². The second-order valence-electron chi connectivity index (χ2n) is 4.35. The highest BCUT2D eigenvalue weighted by Crippen LogP contribution is 2.12. The molecule has 20 heavy (non-hydrogen) atoms. The minimum Gasteiger partial charge on any atom is -0.497 e. The Morgan fingerprint density at radius 2 is 1.95 bits per heavy atom. The molecule has 7 nitrogen and oxygen atoms in total. The van der Waals surface area contributed by atoms with E-state index in [2.05, 4.69) is 15.1 Å². The molecule has 3 aromatic rings. The van der Waals surface area contributed by atoms with Gasteiger partial charge < -0.3 is 9.72 Å². The second-order valence-corrected chi connectivity index (χ2v) is 4.35. The Balaban J connectivity index is 1.96. The van der Waals surface area contributed by atoms with Gasteiger partial charge in [0.2, 0.25) is 0 Å².